The first-order valence-corrected chi connectivity index (χ1v) is 10.2. The minimum absolute atomic E-state index is 0.0439. The summed E-state index contributed by atoms with van der Waals surface area (Å²) in [6.07, 6.45) is 6.68. The van der Waals surface area contributed by atoms with E-state index in [1.54, 1.807) is 4.90 Å². The third-order valence-corrected chi connectivity index (χ3v) is 6.03. The Kier molecular flexibility index (Phi) is 6.00. The fourth-order valence-electron chi connectivity index (χ4n) is 4.10. The number of hydrogen-bond donors (Lipinski definition) is 0. The van der Waals surface area contributed by atoms with Crippen molar-refractivity contribution in [2.75, 3.05) is 26.7 Å². The van der Waals surface area contributed by atoms with Crippen molar-refractivity contribution in [3.63, 3.8) is 0 Å². The van der Waals surface area contributed by atoms with E-state index in [4.69, 9.17) is 0 Å². The van der Waals surface area contributed by atoms with Crippen LogP contribution < -0.4 is 0 Å². The van der Waals surface area contributed by atoms with Crippen molar-refractivity contribution in [3.8, 4) is 0 Å². The number of unbranched alkanes of at least 4 members (excludes halogenated alkanes) is 1. The minimum atomic E-state index is -0.727. The Balaban J connectivity index is 1.52. The Morgan fingerprint density at radius 1 is 1.15 bits per heavy atom. The number of nitrogens with zero attached hydrogens (tertiary/aromatic N) is 2. The molecule has 26 heavy (non-hydrogen) atoms. The van der Waals surface area contributed by atoms with Crippen LogP contribution in [0.5, 0.6) is 0 Å². The SMILES string of the molecule is CCCCN(C)C(=O)C1(C(=O)N2CCC(Cc3ccccc3)CC2)CC1. The molecule has 0 aromatic heterocycles. The molecular weight excluding hydrogens is 324 g/mol. The zero-order valence-corrected chi connectivity index (χ0v) is 16.2. The number of carbonyl (C=O) groups excluding carboxylic acids is 2. The molecule has 4 nitrogen and oxygen atoms in total. The van der Waals surface area contributed by atoms with Crippen molar-refractivity contribution in [1.29, 1.82) is 0 Å². The van der Waals surface area contributed by atoms with Gasteiger partial charge in [-0.15, -0.1) is 0 Å². The lowest BCUT2D eigenvalue weighted by molar-refractivity contribution is -0.149. The largest absolute Gasteiger partial charge is 0.345 e. The number of piperidine rings is 1. The molecule has 142 valence electrons. The summed E-state index contributed by atoms with van der Waals surface area (Å²) in [5.74, 6) is 0.769. The lowest BCUT2D eigenvalue weighted by atomic mass is 9.89. The molecule has 0 N–H and O–H groups in total. The summed E-state index contributed by atoms with van der Waals surface area (Å²) in [6.45, 7) is 4.47. The molecule has 3 rings (SSSR count). The standard InChI is InChI=1S/C22H32N2O2/c1-3-4-14-23(2)20(25)22(12-13-22)21(26)24-15-10-19(11-16-24)17-18-8-6-5-7-9-18/h5-9,19H,3-4,10-17H2,1-2H3. The van der Waals surface area contributed by atoms with E-state index in [-0.39, 0.29) is 11.8 Å². The summed E-state index contributed by atoms with van der Waals surface area (Å²) >= 11 is 0. The molecule has 2 fully saturated rings. The van der Waals surface area contributed by atoms with Crippen LogP contribution in [0.2, 0.25) is 0 Å². The number of hydrogen-bond acceptors (Lipinski definition) is 2. The van der Waals surface area contributed by atoms with E-state index in [2.05, 4.69) is 31.2 Å². The average Bonchev–Trinajstić information content (AvgIpc) is 3.48. The van der Waals surface area contributed by atoms with Crippen LogP contribution in [0.4, 0.5) is 0 Å². The molecular formula is C22H32N2O2. The highest BCUT2D eigenvalue weighted by molar-refractivity contribution is 6.07. The first kappa shape index (κ1) is 18.9. The topological polar surface area (TPSA) is 40.6 Å². The van der Waals surface area contributed by atoms with Crippen LogP contribution in [0.15, 0.2) is 30.3 Å². The van der Waals surface area contributed by atoms with Crippen LogP contribution in [-0.2, 0) is 16.0 Å². The van der Waals surface area contributed by atoms with Gasteiger partial charge in [0.25, 0.3) is 0 Å². The van der Waals surface area contributed by atoms with E-state index in [9.17, 15) is 9.59 Å². The molecule has 0 atom stereocenters. The second kappa shape index (κ2) is 8.24. The van der Waals surface area contributed by atoms with Crippen LogP contribution in [0, 0.1) is 11.3 Å². The summed E-state index contributed by atoms with van der Waals surface area (Å²) < 4.78 is 0. The molecule has 0 radical (unpaired) electrons. The van der Waals surface area contributed by atoms with Gasteiger partial charge in [0.15, 0.2) is 0 Å². The Morgan fingerprint density at radius 2 is 1.81 bits per heavy atom. The van der Waals surface area contributed by atoms with Crippen LogP contribution in [-0.4, -0.2) is 48.3 Å². The summed E-state index contributed by atoms with van der Waals surface area (Å²) in [4.78, 5) is 29.6. The second-order valence-electron chi connectivity index (χ2n) is 8.09. The second-order valence-corrected chi connectivity index (χ2v) is 8.09. The van der Waals surface area contributed by atoms with Crippen molar-refractivity contribution in [2.24, 2.45) is 11.3 Å². The van der Waals surface area contributed by atoms with Crippen molar-refractivity contribution >= 4 is 11.8 Å². The highest BCUT2D eigenvalue weighted by Gasteiger charge is 2.59. The zero-order valence-electron chi connectivity index (χ0n) is 16.2. The number of likely N-dealkylation sites (tertiary alicyclic amines) is 1. The van der Waals surface area contributed by atoms with Gasteiger partial charge in [0.2, 0.25) is 11.8 Å². The maximum Gasteiger partial charge on any atom is 0.238 e. The van der Waals surface area contributed by atoms with E-state index < -0.39 is 5.41 Å². The number of rotatable bonds is 7. The Morgan fingerprint density at radius 3 is 2.38 bits per heavy atom. The van der Waals surface area contributed by atoms with Crippen molar-refractivity contribution in [2.45, 2.75) is 51.9 Å². The predicted molar refractivity (Wildman–Crippen MR) is 104 cm³/mol. The Hall–Kier alpha value is -1.84. The minimum Gasteiger partial charge on any atom is -0.345 e. The third-order valence-electron chi connectivity index (χ3n) is 6.03. The van der Waals surface area contributed by atoms with Crippen LogP contribution in [0.25, 0.3) is 0 Å². The molecule has 0 spiro atoms. The van der Waals surface area contributed by atoms with Gasteiger partial charge in [-0.2, -0.15) is 0 Å². The van der Waals surface area contributed by atoms with Crippen LogP contribution in [0.3, 0.4) is 0 Å². The maximum absolute atomic E-state index is 13.0. The van der Waals surface area contributed by atoms with Crippen molar-refractivity contribution < 1.29 is 9.59 Å². The number of amides is 2. The van der Waals surface area contributed by atoms with Gasteiger partial charge >= 0.3 is 0 Å². The highest BCUT2D eigenvalue weighted by atomic mass is 16.2. The molecule has 2 amide bonds. The smallest absolute Gasteiger partial charge is 0.238 e. The zero-order chi connectivity index (χ0) is 18.6. The van der Waals surface area contributed by atoms with Crippen molar-refractivity contribution in [3.05, 3.63) is 35.9 Å². The Labute approximate surface area is 157 Å². The lowest BCUT2D eigenvalue weighted by Gasteiger charge is -2.35. The molecule has 1 saturated carbocycles. The fraction of sp³-hybridized carbons (Fsp3) is 0.636. The number of carbonyl (C=O) groups is 2. The van der Waals surface area contributed by atoms with Crippen LogP contribution in [0.1, 0.15) is 51.0 Å². The van der Waals surface area contributed by atoms with Crippen LogP contribution >= 0.6 is 0 Å². The van der Waals surface area contributed by atoms with E-state index in [0.29, 0.717) is 5.92 Å². The molecule has 1 aliphatic heterocycles. The van der Waals surface area contributed by atoms with Crippen molar-refractivity contribution in [1.82, 2.24) is 9.80 Å². The quantitative estimate of drug-likeness (QED) is 0.702. The van der Waals surface area contributed by atoms with E-state index >= 15 is 0 Å². The van der Waals surface area contributed by atoms with Gasteiger partial charge < -0.3 is 9.80 Å². The fourth-order valence-corrected chi connectivity index (χ4v) is 4.10. The first-order valence-electron chi connectivity index (χ1n) is 10.2. The molecule has 0 unspecified atom stereocenters. The van der Waals surface area contributed by atoms with Gasteiger partial charge in [-0.3, -0.25) is 9.59 Å². The molecule has 1 aromatic carbocycles. The van der Waals surface area contributed by atoms with Gasteiger partial charge in [-0.25, -0.2) is 0 Å². The monoisotopic (exact) mass is 356 g/mol. The summed E-state index contributed by atoms with van der Waals surface area (Å²) in [5.41, 5.74) is 0.651. The third kappa shape index (κ3) is 4.11. The summed E-state index contributed by atoms with van der Waals surface area (Å²) in [5, 5.41) is 0. The Bertz CT molecular complexity index is 616. The predicted octanol–water partition coefficient (Wildman–Crippen LogP) is 3.51. The molecule has 1 aliphatic carbocycles. The first-order chi connectivity index (χ1) is 12.6. The van der Waals surface area contributed by atoms with E-state index in [1.165, 1.54) is 5.56 Å². The van der Waals surface area contributed by atoms with E-state index in [1.807, 2.05) is 18.0 Å². The lowest BCUT2D eigenvalue weighted by Crippen LogP contribution is -2.48. The maximum atomic E-state index is 13.0. The summed E-state index contributed by atoms with van der Waals surface area (Å²) in [6, 6.07) is 10.6. The van der Waals surface area contributed by atoms with Gasteiger partial charge in [0.05, 0.1) is 0 Å². The highest BCUT2D eigenvalue weighted by Crippen LogP contribution is 2.49. The average molecular weight is 357 g/mol. The van der Waals surface area contributed by atoms with Gasteiger partial charge in [-0.05, 0) is 50.0 Å². The molecule has 4 heteroatoms. The molecule has 1 saturated heterocycles. The summed E-state index contributed by atoms with van der Waals surface area (Å²) in [7, 11) is 1.84. The normalized spacial score (nSPS) is 19.2. The molecule has 1 heterocycles. The molecule has 1 aromatic rings. The molecule has 0 bridgehead atoms. The molecule has 2 aliphatic rings. The van der Waals surface area contributed by atoms with Gasteiger partial charge in [-0.1, -0.05) is 43.7 Å². The van der Waals surface area contributed by atoms with E-state index in [0.717, 1.165) is 64.6 Å². The van der Waals surface area contributed by atoms with Gasteiger partial charge in [0.1, 0.15) is 5.41 Å². The number of benzene rings is 1. The van der Waals surface area contributed by atoms with Gasteiger partial charge in [0, 0.05) is 26.7 Å².